The second kappa shape index (κ2) is 3.22. The molecule has 3 nitrogen and oxygen atoms in total. The second-order valence-corrected chi connectivity index (χ2v) is 2.53. The van der Waals surface area contributed by atoms with E-state index in [2.05, 4.69) is 0 Å². The van der Waals surface area contributed by atoms with Crippen molar-refractivity contribution in [3.8, 4) is 6.07 Å². The fraction of sp³-hybridized carbons (Fsp3) is 0.333. The molecule has 0 spiro atoms. The minimum Gasteiger partial charge on any atom is -0.412 e. The highest BCUT2D eigenvalue weighted by Gasteiger charge is 2.05. The Morgan fingerprint density at radius 1 is 1.67 bits per heavy atom. The molecule has 12 heavy (non-hydrogen) atoms. The Morgan fingerprint density at radius 2 is 2.33 bits per heavy atom. The topological polar surface area (TPSA) is 54.0 Å². The van der Waals surface area contributed by atoms with Crippen molar-refractivity contribution in [1.29, 1.82) is 5.26 Å². The maximum atomic E-state index is 11.1. The fourth-order valence-corrected chi connectivity index (χ4v) is 1.11. The van der Waals surface area contributed by atoms with Gasteiger partial charge in [0.25, 0.3) is 0 Å². The molecule has 1 rings (SSSR count). The Balaban J connectivity index is 3.41. The van der Waals surface area contributed by atoms with Crippen molar-refractivity contribution in [3.63, 3.8) is 0 Å². The van der Waals surface area contributed by atoms with Crippen LogP contribution in [-0.4, -0.2) is 0 Å². The molecular formula is C9H9NO2. The summed E-state index contributed by atoms with van der Waals surface area (Å²) < 4.78 is 4.71. The van der Waals surface area contributed by atoms with Crippen LogP contribution in [0.25, 0.3) is 0 Å². The molecular weight excluding hydrogens is 154 g/mol. The Bertz CT molecular complexity index is 384. The van der Waals surface area contributed by atoms with Crippen molar-refractivity contribution >= 4 is 0 Å². The summed E-state index contributed by atoms with van der Waals surface area (Å²) in [5.41, 5.74) is 1.08. The first-order valence-electron chi connectivity index (χ1n) is 3.72. The largest absolute Gasteiger partial charge is 0.412 e. The summed E-state index contributed by atoms with van der Waals surface area (Å²) in [5, 5.41) is 8.47. The highest BCUT2D eigenvalue weighted by Crippen LogP contribution is 2.05. The van der Waals surface area contributed by atoms with Gasteiger partial charge in [-0.2, -0.15) is 5.26 Å². The Morgan fingerprint density at radius 3 is 2.75 bits per heavy atom. The van der Waals surface area contributed by atoms with E-state index in [9.17, 15) is 4.79 Å². The average Bonchev–Trinajstić information content (AvgIpc) is 2.03. The third-order valence-electron chi connectivity index (χ3n) is 1.74. The molecule has 0 aliphatic heterocycles. The molecule has 0 bridgehead atoms. The van der Waals surface area contributed by atoms with E-state index < -0.39 is 5.63 Å². The van der Waals surface area contributed by atoms with Crippen LogP contribution in [0, 0.1) is 18.3 Å². The van der Waals surface area contributed by atoms with E-state index in [1.165, 1.54) is 0 Å². The molecule has 0 saturated heterocycles. The van der Waals surface area contributed by atoms with Crippen molar-refractivity contribution in [2.75, 3.05) is 0 Å². The van der Waals surface area contributed by atoms with Gasteiger partial charge in [-0.15, -0.1) is 0 Å². The van der Waals surface area contributed by atoms with Crippen molar-refractivity contribution in [2.45, 2.75) is 20.3 Å². The SMILES string of the molecule is CCc1c(C)cc(C#N)oc1=O. The van der Waals surface area contributed by atoms with Gasteiger partial charge in [0.1, 0.15) is 6.07 Å². The first-order chi connectivity index (χ1) is 5.69. The highest BCUT2D eigenvalue weighted by molar-refractivity contribution is 5.28. The van der Waals surface area contributed by atoms with Crippen LogP contribution in [0.15, 0.2) is 15.3 Å². The summed E-state index contributed by atoms with van der Waals surface area (Å²) in [7, 11) is 0. The van der Waals surface area contributed by atoms with Crippen LogP contribution in [-0.2, 0) is 6.42 Å². The molecule has 1 heterocycles. The summed E-state index contributed by atoms with van der Waals surface area (Å²) in [6.45, 7) is 3.68. The molecule has 0 atom stereocenters. The standard InChI is InChI=1S/C9H9NO2/c1-3-8-6(2)4-7(5-10)12-9(8)11/h4H,3H2,1-2H3. The first-order valence-corrected chi connectivity index (χ1v) is 3.72. The monoisotopic (exact) mass is 163 g/mol. The zero-order valence-corrected chi connectivity index (χ0v) is 7.05. The number of hydrogen-bond acceptors (Lipinski definition) is 3. The summed E-state index contributed by atoms with van der Waals surface area (Å²) >= 11 is 0. The number of nitriles is 1. The minimum absolute atomic E-state index is 0.0784. The third-order valence-corrected chi connectivity index (χ3v) is 1.74. The van der Waals surface area contributed by atoms with Crippen LogP contribution >= 0.6 is 0 Å². The quantitative estimate of drug-likeness (QED) is 0.628. The van der Waals surface area contributed by atoms with E-state index in [1.54, 1.807) is 19.1 Å². The zero-order chi connectivity index (χ0) is 9.14. The van der Waals surface area contributed by atoms with Gasteiger partial charge in [-0.25, -0.2) is 4.79 Å². The number of rotatable bonds is 1. The summed E-state index contributed by atoms with van der Waals surface area (Å²) in [5.74, 6) is 0.0784. The van der Waals surface area contributed by atoms with Crippen molar-refractivity contribution < 1.29 is 4.42 Å². The van der Waals surface area contributed by atoms with Crippen LogP contribution < -0.4 is 5.63 Å². The molecule has 0 fully saturated rings. The molecule has 0 unspecified atom stereocenters. The lowest BCUT2D eigenvalue weighted by atomic mass is 10.1. The van der Waals surface area contributed by atoms with Crippen LogP contribution in [0.2, 0.25) is 0 Å². The van der Waals surface area contributed by atoms with E-state index in [0.717, 1.165) is 5.56 Å². The Labute approximate surface area is 70.3 Å². The normalized spacial score (nSPS) is 9.42. The molecule has 0 aromatic carbocycles. The average molecular weight is 163 g/mol. The van der Waals surface area contributed by atoms with Crippen molar-refractivity contribution in [3.05, 3.63) is 33.4 Å². The van der Waals surface area contributed by atoms with E-state index in [-0.39, 0.29) is 5.76 Å². The van der Waals surface area contributed by atoms with Crippen LogP contribution in [0.4, 0.5) is 0 Å². The number of hydrogen-bond donors (Lipinski definition) is 0. The Hall–Kier alpha value is -1.56. The molecule has 0 aliphatic rings. The van der Waals surface area contributed by atoms with Gasteiger partial charge in [0, 0.05) is 5.56 Å². The lowest BCUT2D eigenvalue weighted by Gasteiger charge is -1.98. The summed E-state index contributed by atoms with van der Waals surface area (Å²) in [6.07, 6.45) is 0.639. The minimum atomic E-state index is -0.394. The molecule has 0 radical (unpaired) electrons. The molecule has 1 aromatic heterocycles. The van der Waals surface area contributed by atoms with Gasteiger partial charge < -0.3 is 4.42 Å². The molecule has 0 N–H and O–H groups in total. The molecule has 62 valence electrons. The molecule has 0 aliphatic carbocycles. The van der Waals surface area contributed by atoms with Crippen molar-refractivity contribution in [1.82, 2.24) is 0 Å². The maximum Gasteiger partial charge on any atom is 0.340 e. The highest BCUT2D eigenvalue weighted by atomic mass is 16.4. The molecule has 0 amide bonds. The van der Waals surface area contributed by atoms with Gasteiger partial charge in [-0.1, -0.05) is 6.92 Å². The van der Waals surface area contributed by atoms with Crippen LogP contribution in [0.1, 0.15) is 23.8 Å². The fourth-order valence-electron chi connectivity index (χ4n) is 1.11. The predicted octanol–water partition coefficient (Wildman–Crippen LogP) is 1.38. The number of aryl methyl sites for hydroxylation is 1. The number of nitrogens with zero attached hydrogens (tertiary/aromatic N) is 1. The van der Waals surface area contributed by atoms with Gasteiger partial charge in [-0.3, -0.25) is 0 Å². The van der Waals surface area contributed by atoms with Gasteiger partial charge in [-0.05, 0) is 25.0 Å². The summed E-state index contributed by atoms with van der Waals surface area (Å²) in [4.78, 5) is 11.1. The zero-order valence-electron chi connectivity index (χ0n) is 7.05. The van der Waals surface area contributed by atoms with Gasteiger partial charge in [0.2, 0.25) is 5.76 Å². The molecule has 3 heteroatoms. The maximum absolute atomic E-state index is 11.1. The smallest absolute Gasteiger partial charge is 0.340 e. The van der Waals surface area contributed by atoms with Gasteiger partial charge in [0.15, 0.2) is 0 Å². The van der Waals surface area contributed by atoms with E-state index in [1.807, 2.05) is 6.92 Å². The van der Waals surface area contributed by atoms with Crippen LogP contribution in [0.3, 0.4) is 0 Å². The second-order valence-electron chi connectivity index (χ2n) is 2.53. The van der Waals surface area contributed by atoms with E-state index >= 15 is 0 Å². The molecule has 1 aromatic rings. The lowest BCUT2D eigenvalue weighted by Crippen LogP contribution is -2.09. The molecule has 0 saturated carbocycles. The van der Waals surface area contributed by atoms with Crippen molar-refractivity contribution in [2.24, 2.45) is 0 Å². The summed E-state index contributed by atoms with van der Waals surface area (Å²) in [6, 6.07) is 3.38. The Kier molecular flexibility index (Phi) is 2.29. The third kappa shape index (κ3) is 1.37. The lowest BCUT2D eigenvalue weighted by molar-refractivity contribution is 0.487. The van der Waals surface area contributed by atoms with Crippen LogP contribution in [0.5, 0.6) is 0 Å². The predicted molar refractivity (Wildman–Crippen MR) is 43.8 cm³/mol. The van der Waals surface area contributed by atoms with E-state index in [4.69, 9.17) is 9.68 Å². The van der Waals surface area contributed by atoms with Gasteiger partial charge >= 0.3 is 5.63 Å². The first kappa shape index (κ1) is 8.54. The van der Waals surface area contributed by atoms with Gasteiger partial charge in [0.05, 0.1) is 0 Å². The van der Waals surface area contributed by atoms with E-state index in [0.29, 0.717) is 12.0 Å².